The number of halogens is 1. The van der Waals surface area contributed by atoms with E-state index in [1.54, 1.807) is 10.9 Å². The van der Waals surface area contributed by atoms with E-state index in [-0.39, 0.29) is 11.7 Å². The summed E-state index contributed by atoms with van der Waals surface area (Å²) in [5.41, 5.74) is 0.729. The highest BCUT2D eigenvalue weighted by molar-refractivity contribution is 9.10. The average molecular weight is 323 g/mol. The molecule has 0 spiro atoms. The molecule has 0 N–H and O–H groups in total. The smallest absolute Gasteiger partial charge is 0.261 e. The third kappa shape index (κ3) is 2.72. The number of aromatic nitrogens is 2. The van der Waals surface area contributed by atoms with E-state index < -0.39 is 0 Å². The van der Waals surface area contributed by atoms with Crippen LogP contribution in [0.2, 0.25) is 0 Å². The van der Waals surface area contributed by atoms with Gasteiger partial charge in [-0.3, -0.25) is 9.36 Å². The van der Waals surface area contributed by atoms with Gasteiger partial charge in [0.25, 0.3) is 5.56 Å². The van der Waals surface area contributed by atoms with Crippen molar-refractivity contribution in [2.45, 2.75) is 31.9 Å². The molecular weight excluding hydrogens is 308 g/mol. The van der Waals surface area contributed by atoms with Crippen molar-refractivity contribution < 1.29 is 4.74 Å². The molecule has 0 aliphatic carbocycles. The lowest BCUT2D eigenvalue weighted by atomic mass is 10.1. The first-order valence-electron chi connectivity index (χ1n) is 6.50. The first-order chi connectivity index (χ1) is 9.24. The molecule has 1 atom stereocenters. The van der Waals surface area contributed by atoms with Gasteiger partial charge in [-0.05, 0) is 37.5 Å². The quantitative estimate of drug-likeness (QED) is 0.854. The molecule has 100 valence electrons. The van der Waals surface area contributed by atoms with Crippen molar-refractivity contribution >= 4 is 26.8 Å². The van der Waals surface area contributed by atoms with Crippen LogP contribution in [0.1, 0.15) is 19.3 Å². The van der Waals surface area contributed by atoms with E-state index in [1.165, 1.54) is 6.42 Å². The average Bonchev–Trinajstić information content (AvgIpc) is 2.43. The molecule has 1 aromatic heterocycles. The molecule has 1 unspecified atom stereocenters. The molecule has 0 bridgehead atoms. The van der Waals surface area contributed by atoms with Gasteiger partial charge in [-0.25, -0.2) is 4.98 Å². The van der Waals surface area contributed by atoms with Gasteiger partial charge in [0.15, 0.2) is 0 Å². The van der Waals surface area contributed by atoms with Crippen molar-refractivity contribution in [3.63, 3.8) is 0 Å². The molecule has 5 heteroatoms. The molecule has 0 radical (unpaired) electrons. The number of benzene rings is 1. The van der Waals surface area contributed by atoms with Crippen LogP contribution in [0.3, 0.4) is 0 Å². The molecule has 2 aromatic rings. The topological polar surface area (TPSA) is 44.1 Å². The summed E-state index contributed by atoms with van der Waals surface area (Å²) in [4.78, 5) is 16.7. The van der Waals surface area contributed by atoms with Crippen LogP contribution in [0.4, 0.5) is 0 Å². The van der Waals surface area contributed by atoms with E-state index in [4.69, 9.17) is 4.74 Å². The minimum atomic E-state index is 0.00618. The third-order valence-corrected chi connectivity index (χ3v) is 3.95. The highest BCUT2D eigenvalue weighted by Gasteiger charge is 2.15. The van der Waals surface area contributed by atoms with Gasteiger partial charge in [0.1, 0.15) is 0 Å². The lowest BCUT2D eigenvalue weighted by molar-refractivity contribution is 0.00535. The Morgan fingerprint density at radius 2 is 2.32 bits per heavy atom. The van der Waals surface area contributed by atoms with Gasteiger partial charge in [0.2, 0.25) is 0 Å². The fourth-order valence-electron chi connectivity index (χ4n) is 2.43. The monoisotopic (exact) mass is 322 g/mol. The van der Waals surface area contributed by atoms with Crippen LogP contribution >= 0.6 is 15.9 Å². The Hall–Kier alpha value is -1.20. The molecule has 1 aliphatic rings. The molecule has 1 aliphatic heterocycles. The van der Waals surface area contributed by atoms with E-state index >= 15 is 0 Å². The van der Waals surface area contributed by atoms with E-state index in [1.807, 2.05) is 18.2 Å². The van der Waals surface area contributed by atoms with Gasteiger partial charge in [-0.2, -0.15) is 0 Å². The fraction of sp³-hybridized carbons (Fsp3) is 0.429. The van der Waals surface area contributed by atoms with Gasteiger partial charge in [-0.1, -0.05) is 15.9 Å². The first-order valence-corrected chi connectivity index (χ1v) is 7.29. The van der Waals surface area contributed by atoms with Gasteiger partial charge in [0, 0.05) is 11.1 Å². The lowest BCUT2D eigenvalue weighted by Gasteiger charge is -2.23. The fourth-order valence-corrected chi connectivity index (χ4v) is 2.78. The number of fused-ring (bicyclic) bond motifs is 1. The van der Waals surface area contributed by atoms with Crippen LogP contribution in [0.15, 0.2) is 33.8 Å². The van der Waals surface area contributed by atoms with Crippen LogP contribution in [-0.4, -0.2) is 22.3 Å². The van der Waals surface area contributed by atoms with E-state index in [9.17, 15) is 4.79 Å². The highest BCUT2D eigenvalue weighted by Crippen LogP contribution is 2.16. The van der Waals surface area contributed by atoms with Gasteiger partial charge >= 0.3 is 0 Å². The maximum absolute atomic E-state index is 12.4. The summed E-state index contributed by atoms with van der Waals surface area (Å²) in [7, 11) is 0. The van der Waals surface area contributed by atoms with Crippen LogP contribution in [0.5, 0.6) is 0 Å². The molecule has 0 amide bonds. The Labute approximate surface area is 119 Å². The summed E-state index contributed by atoms with van der Waals surface area (Å²) in [6, 6.07) is 5.54. The minimum Gasteiger partial charge on any atom is -0.376 e. The summed E-state index contributed by atoms with van der Waals surface area (Å²) < 4.78 is 8.26. The predicted molar refractivity (Wildman–Crippen MR) is 77.3 cm³/mol. The molecule has 19 heavy (non-hydrogen) atoms. The molecule has 1 fully saturated rings. The Bertz CT molecular complexity index is 647. The minimum absolute atomic E-state index is 0.00618. The lowest BCUT2D eigenvalue weighted by Crippen LogP contribution is -2.30. The van der Waals surface area contributed by atoms with E-state index in [2.05, 4.69) is 20.9 Å². The second-order valence-corrected chi connectivity index (χ2v) is 5.77. The van der Waals surface area contributed by atoms with Crippen molar-refractivity contribution in [3.8, 4) is 0 Å². The zero-order chi connectivity index (χ0) is 13.2. The second-order valence-electron chi connectivity index (χ2n) is 4.85. The van der Waals surface area contributed by atoms with Gasteiger partial charge in [-0.15, -0.1) is 0 Å². The summed E-state index contributed by atoms with van der Waals surface area (Å²) >= 11 is 3.39. The molecule has 1 saturated heterocycles. The van der Waals surface area contributed by atoms with Crippen LogP contribution in [-0.2, 0) is 11.3 Å². The van der Waals surface area contributed by atoms with E-state index in [0.29, 0.717) is 11.9 Å². The molecular formula is C14H15BrN2O2. The van der Waals surface area contributed by atoms with Crippen molar-refractivity contribution in [1.29, 1.82) is 0 Å². The van der Waals surface area contributed by atoms with Crippen molar-refractivity contribution in [2.24, 2.45) is 0 Å². The number of hydrogen-bond acceptors (Lipinski definition) is 3. The summed E-state index contributed by atoms with van der Waals surface area (Å²) in [6.07, 6.45) is 5.07. The third-order valence-electron chi connectivity index (χ3n) is 3.46. The van der Waals surface area contributed by atoms with Crippen LogP contribution in [0, 0.1) is 0 Å². The molecule has 2 heterocycles. The summed E-state index contributed by atoms with van der Waals surface area (Å²) in [6.45, 7) is 1.39. The SMILES string of the molecule is O=c1c2ccc(Br)cc2ncn1CC1CCCCO1. The Kier molecular flexibility index (Phi) is 3.66. The maximum atomic E-state index is 12.4. The van der Waals surface area contributed by atoms with Gasteiger partial charge in [0.05, 0.1) is 29.9 Å². The van der Waals surface area contributed by atoms with Crippen molar-refractivity contribution in [3.05, 3.63) is 39.4 Å². The van der Waals surface area contributed by atoms with Crippen molar-refractivity contribution in [1.82, 2.24) is 9.55 Å². The molecule has 0 saturated carbocycles. The Morgan fingerprint density at radius 1 is 1.42 bits per heavy atom. The zero-order valence-electron chi connectivity index (χ0n) is 10.5. The summed E-state index contributed by atoms with van der Waals surface area (Å²) in [5, 5.41) is 0.654. The number of hydrogen-bond donors (Lipinski definition) is 0. The maximum Gasteiger partial charge on any atom is 0.261 e. The van der Waals surface area contributed by atoms with E-state index in [0.717, 1.165) is 29.4 Å². The molecule has 3 rings (SSSR count). The standard InChI is InChI=1S/C14H15BrN2O2/c15-10-4-5-12-13(7-10)16-9-17(14(12)18)8-11-3-1-2-6-19-11/h4-5,7,9,11H,1-3,6,8H2. The number of nitrogens with zero attached hydrogens (tertiary/aromatic N) is 2. The Morgan fingerprint density at radius 3 is 3.11 bits per heavy atom. The van der Waals surface area contributed by atoms with Crippen LogP contribution in [0.25, 0.3) is 10.9 Å². The highest BCUT2D eigenvalue weighted by atomic mass is 79.9. The Balaban J connectivity index is 1.93. The van der Waals surface area contributed by atoms with Crippen LogP contribution < -0.4 is 5.56 Å². The number of rotatable bonds is 2. The van der Waals surface area contributed by atoms with Gasteiger partial charge < -0.3 is 4.74 Å². The normalized spacial score (nSPS) is 19.7. The molecule has 1 aromatic carbocycles. The summed E-state index contributed by atoms with van der Waals surface area (Å²) in [5.74, 6) is 0. The number of ether oxygens (including phenoxy) is 1. The largest absolute Gasteiger partial charge is 0.376 e. The second kappa shape index (κ2) is 5.43. The zero-order valence-corrected chi connectivity index (χ0v) is 12.1. The predicted octanol–water partition coefficient (Wildman–Crippen LogP) is 2.73. The first kappa shape index (κ1) is 12.8. The molecule has 4 nitrogen and oxygen atoms in total. The van der Waals surface area contributed by atoms with Crippen molar-refractivity contribution in [2.75, 3.05) is 6.61 Å².